The van der Waals surface area contributed by atoms with Crippen LogP contribution >= 0.6 is 0 Å². The fourth-order valence-electron chi connectivity index (χ4n) is 5.08. The summed E-state index contributed by atoms with van der Waals surface area (Å²) in [6.07, 6.45) is 4.32. The van der Waals surface area contributed by atoms with Gasteiger partial charge in [-0.3, -0.25) is 24.3 Å². The largest absolute Gasteiger partial charge is 0.378 e. The predicted molar refractivity (Wildman–Crippen MR) is 132 cm³/mol. The van der Waals surface area contributed by atoms with Crippen LogP contribution in [0.4, 0.5) is 0 Å². The lowest BCUT2D eigenvalue weighted by atomic mass is 10.0. The van der Waals surface area contributed by atoms with Crippen molar-refractivity contribution in [3.05, 3.63) is 89.0 Å². The number of nitrogens with zero attached hydrogens (tertiary/aromatic N) is 6. The first-order valence-corrected chi connectivity index (χ1v) is 12.2. The fourth-order valence-corrected chi connectivity index (χ4v) is 5.08. The van der Waals surface area contributed by atoms with Crippen LogP contribution in [0.5, 0.6) is 0 Å². The zero-order valence-electron chi connectivity index (χ0n) is 19.6. The van der Waals surface area contributed by atoms with Crippen molar-refractivity contribution in [3.8, 4) is 0 Å². The molecule has 1 fully saturated rings. The van der Waals surface area contributed by atoms with Gasteiger partial charge in [-0.25, -0.2) is 0 Å². The summed E-state index contributed by atoms with van der Waals surface area (Å²) in [4.78, 5) is 26.8. The Kier molecular flexibility index (Phi) is 5.98. The van der Waals surface area contributed by atoms with Crippen molar-refractivity contribution in [1.82, 2.24) is 29.5 Å². The fraction of sp³-hybridized carbons (Fsp3) is 0.333. The Labute approximate surface area is 204 Å². The average molecular weight is 469 g/mol. The molecule has 1 saturated heterocycles. The van der Waals surface area contributed by atoms with Crippen LogP contribution < -0.4 is 0 Å². The van der Waals surface area contributed by atoms with E-state index in [1.54, 1.807) is 12.4 Å². The topological polar surface area (TPSA) is 76.4 Å². The molecule has 4 aromatic rings. The Morgan fingerprint density at radius 2 is 1.74 bits per heavy atom. The van der Waals surface area contributed by atoms with E-state index in [9.17, 15) is 4.79 Å². The van der Waals surface area contributed by atoms with Crippen molar-refractivity contribution in [3.63, 3.8) is 0 Å². The Morgan fingerprint density at radius 3 is 2.60 bits per heavy atom. The van der Waals surface area contributed by atoms with Gasteiger partial charge in [0.25, 0.3) is 5.91 Å². The monoisotopic (exact) mass is 468 g/mol. The maximum atomic E-state index is 13.5. The summed E-state index contributed by atoms with van der Waals surface area (Å²) in [5, 5.41) is 4.89. The first kappa shape index (κ1) is 21.9. The Balaban J connectivity index is 1.32. The van der Waals surface area contributed by atoms with Crippen molar-refractivity contribution in [2.24, 2.45) is 0 Å². The van der Waals surface area contributed by atoms with Gasteiger partial charge in [-0.15, -0.1) is 0 Å². The van der Waals surface area contributed by atoms with Gasteiger partial charge in [0.2, 0.25) is 0 Å². The third-order valence-electron chi connectivity index (χ3n) is 6.87. The summed E-state index contributed by atoms with van der Waals surface area (Å²) >= 11 is 0. The van der Waals surface area contributed by atoms with Crippen LogP contribution in [0, 0.1) is 0 Å². The van der Waals surface area contributed by atoms with Gasteiger partial charge in [0, 0.05) is 62.8 Å². The lowest BCUT2D eigenvalue weighted by Crippen LogP contribution is -2.41. The van der Waals surface area contributed by atoms with Crippen molar-refractivity contribution >= 4 is 16.9 Å². The van der Waals surface area contributed by atoms with Crippen LogP contribution in [-0.2, 0) is 30.8 Å². The van der Waals surface area contributed by atoms with Crippen LogP contribution in [0.25, 0.3) is 11.0 Å². The summed E-state index contributed by atoms with van der Waals surface area (Å²) in [6, 6.07) is 16.5. The molecule has 2 aromatic carbocycles. The van der Waals surface area contributed by atoms with Crippen molar-refractivity contribution in [2.45, 2.75) is 26.1 Å². The molecule has 0 unspecified atom stereocenters. The molecule has 8 nitrogen and oxygen atoms in total. The first-order chi connectivity index (χ1) is 17.3. The highest BCUT2D eigenvalue weighted by Crippen LogP contribution is 2.27. The molecule has 6 rings (SSSR count). The molecule has 0 spiro atoms. The number of hydrogen-bond acceptors (Lipinski definition) is 6. The standard InChI is InChI=1S/C27H28N6O2/c34-27(32-13-15-35-16-14-32)26-22-19-31(18-21-7-4-8-23-25(21)29-11-10-28-23)12-9-24(22)33(30-26)17-20-5-2-1-3-6-20/h1-8,10-11H,9,12-19H2. The minimum absolute atomic E-state index is 0.00855. The van der Waals surface area contributed by atoms with Gasteiger partial charge >= 0.3 is 0 Å². The number of ether oxygens (including phenoxy) is 1. The molecule has 2 aliphatic heterocycles. The van der Waals surface area contributed by atoms with E-state index in [1.165, 1.54) is 11.3 Å². The highest BCUT2D eigenvalue weighted by atomic mass is 16.5. The molecule has 0 saturated carbocycles. The highest BCUT2D eigenvalue weighted by molar-refractivity contribution is 5.94. The van der Waals surface area contributed by atoms with E-state index in [-0.39, 0.29) is 5.91 Å². The summed E-state index contributed by atoms with van der Waals surface area (Å²) in [7, 11) is 0. The molecule has 0 radical (unpaired) electrons. The molecule has 0 aliphatic carbocycles. The number of para-hydroxylation sites is 1. The van der Waals surface area contributed by atoms with E-state index in [2.05, 4.69) is 33.1 Å². The smallest absolute Gasteiger partial charge is 0.274 e. The van der Waals surface area contributed by atoms with E-state index >= 15 is 0 Å². The SMILES string of the molecule is O=C(c1nn(Cc2ccccc2)c2c1CN(Cc1cccc3nccnc13)CC2)N1CCOCC1. The Hall–Kier alpha value is -3.62. The molecule has 35 heavy (non-hydrogen) atoms. The highest BCUT2D eigenvalue weighted by Gasteiger charge is 2.31. The maximum Gasteiger partial charge on any atom is 0.274 e. The second-order valence-corrected chi connectivity index (χ2v) is 9.12. The van der Waals surface area contributed by atoms with Crippen LogP contribution in [0.15, 0.2) is 60.9 Å². The molecule has 178 valence electrons. The lowest BCUT2D eigenvalue weighted by Gasteiger charge is -2.29. The predicted octanol–water partition coefficient (Wildman–Crippen LogP) is 2.91. The van der Waals surface area contributed by atoms with Crippen molar-refractivity contribution in [1.29, 1.82) is 0 Å². The number of fused-ring (bicyclic) bond motifs is 2. The van der Waals surface area contributed by atoms with Gasteiger partial charge in [-0.1, -0.05) is 42.5 Å². The molecule has 8 heteroatoms. The first-order valence-electron chi connectivity index (χ1n) is 12.2. The number of hydrogen-bond donors (Lipinski definition) is 0. The summed E-state index contributed by atoms with van der Waals surface area (Å²) < 4.78 is 7.50. The number of aromatic nitrogens is 4. The zero-order valence-corrected chi connectivity index (χ0v) is 19.6. The zero-order chi connectivity index (χ0) is 23.6. The molecule has 1 amide bonds. The molecular formula is C27H28N6O2. The van der Waals surface area contributed by atoms with Gasteiger partial charge in [0.05, 0.1) is 30.8 Å². The molecule has 0 N–H and O–H groups in total. The average Bonchev–Trinajstić information content (AvgIpc) is 3.27. The molecule has 0 bridgehead atoms. The Morgan fingerprint density at radius 1 is 0.914 bits per heavy atom. The molecule has 2 aromatic heterocycles. The second-order valence-electron chi connectivity index (χ2n) is 9.12. The summed E-state index contributed by atoms with van der Waals surface area (Å²) in [5.41, 5.74) is 6.97. The minimum Gasteiger partial charge on any atom is -0.378 e. The van der Waals surface area contributed by atoms with Crippen LogP contribution in [0.2, 0.25) is 0 Å². The summed E-state index contributed by atoms with van der Waals surface area (Å²) in [5.74, 6) is 0.00855. The van der Waals surface area contributed by atoms with Gasteiger partial charge in [0.15, 0.2) is 5.69 Å². The molecule has 0 atom stereocenters. The second kappa shape index (κ2) is 9.56. The van der Waals surface area contributed by atoms with Crippen LogP contribution in [0.3, 0.4) is 0 Å². The van der Waals surface area contributed by atoms with Gasteiger partial charge < -0.3 is 9.64 Å². The minimum atomic E-state index is 0.00855. The van der Waals surface area contributed by atoms with E-state index in [0.717, 1.165) is 41.7 Å². The molecule has 4 heterocycles. The Bertz CT molecular complexity index is 1340. The quantitative estimate of drug-likeness (QED) is 0.448. The number of morpholine rings is 1. The number of carbonyl (C=O) groups is 1. The molecular weight excluding hydrogens is 440 g/mol. The van der Waals surface area contributed by atoms with Crippen LogP contribution in [-0.4, -0.2) is 68.3 Å². The third-order valence-corrected chi connectivity index (χ3v) is 6.87. The number of rotatable bonds is 5. The van der Waals surface area contributed by atoms with Crippen molar-refractivity contribution < 1.29 is 9.53 Å². The van der Waals surface area contributed by atoms with Crippen molar-refractivity contribution in [2.75, 3.05) is 32.8 Å². The van der Waals surface area contributed by atoms with E-state index in [0.29, 0.717) is 45.1 Å². The van der Waals surface area contributed by atoms with E-state index < -0.39 is 0 Å². The lowest BCUT2D eigenvalue weighted by molar-refractivity contribution is 0.0297. The third kappa shape index (κ3) is 4.42. The maximum absolute atomic E-state index is 13.5. The van der Waals surface area contributed by atoms with Gasteiger partial charge in [-0.2, -0.15) is 5.10 Å². The normalized spacial score (nSPS) is 16.4. The number of amides is 1. The van der Waals surface area contributed by atoms with Gasteiger partial charge in [-0.05, 0) is 17.2 Å². The molecule has 2 aliphatic rings. The van der Waals surface area contributed by atoms with Gasteiger partial charge in [0.1, 0.15) is 0 Å². The van der Waals surface area contributed by atoms with E-state index in [4.69, 9.17) is 9.84 Å². The van der Waals surface area contributed by atoms with E-state index in [1.807, 2.05) is 39.9 Å². The number of carbonyl (C=O) groups excluding carboxylic acids is 1. The number of benzene rings is 2. The summed E-state index contributed by atoms with van der Waals surface area (Å²) in [6.45, 7) is 5.37. The van der Waals surface area contributed by atoms with Crippen LogP contribution in [0.1, 0.15) is 32.9 Å².